The quantitative estimate of drug-likeness (QED) is 0.781. The molecule has 1 aliphatic rings. The number of benzene rings is 1. The van der Waals surface area contributed by atoms with Crippen LogP contribution in [0, 0.1) is 0 Å². The van der Waals surface area contributed by atoms with Gasteiger partial charge in [0.2, 0.25) is 5.91 Å². The molecule has 1 saturated heterocycles. The normalized spacial score (nSPS) is 17.7. The Bertz CT molecular complexity index is 699. The van der Waals surface area contributed by atoms with E-state index in [1.807, 2.05) is 47.4 Å². The Morgan fingerprint density at radius 3 is 2.88 bits per heavy atom. The summed E-state index contributed by atoms with van der Waals surface area (Å²) in [5, 5.41) is 7.41. The minimum Gasteiger partial charge on any atom is -0.356 e. The van der Waals surface area contributed by atoms with E-state index in [9.17, 15) is 4.79 Å². The molecule has 6 heteroatoms. The summed E-state index contributed by atoms with van der Waals surface area (Å²) in [6, 6.07) is 10.6. The van der Waals surface area contributed by atoms with Gasteiger partial charge in [0.15, 0.2) is 0 Å². The van der Waals surface area contributed by atoms with Crippen LogP contribution in [0.3, 0.4) is 0 Å². The maximum absolute atomic E-state index is 12.1. The molecule has 3 rings (SSSR count). The minimum atomic E-state index is 0.124. The standard InChI is InChI=1S/C20H29N5O/c1-23-12-9-19(16-23)24(2)13-10-20(26)21-11-8-17-14-22-25(15-17)18-6-4-3-5-7-18/h3-7,14-15,19H,8-13,16H2,1-2H3,(H,21,26)/t19-/m0/s1. The number of likely N-dealkylation sites (tertiary alicyclic amines) is 1. The predicted octanol–water partition coefficient (Wildman–Crippen LogP) is 1.56. The van der Waals surface area contributed by atoms with Gasteiger partial charge in [0, 0.05) is 38.3 Å². The molecule has 0 radical (unpaired) electrons. The lowest BCUT2D eigenvalue weighted by Gasteiger charge is -2.23. The third-order valence-corrected chi connectivity index (χ3v) is 5.07. The molecule has 140 valence electrons. The Morgan fingerprint density at radius 1 is 1.35 bits per heavy atom. The predicted molar refractivity (Wildman–Crippen MR) is 103 cm³/mol. The fraction of sp³-hybridized carbons (Fsp3) is 0.500. The van der Waals surface area contributed by atoms with Crippen molar-refractivity contribution in [1.82, 2.24) is 24.9 Å². The van der Waals surface area contributed by atoms with Crippen LogP contribution in [0.15, 0.2) is 42.7 Å². The lowest BCUT2D eigenvalue weighted by molar-refractivity contribution is -0.121. The van der Waals surface area contributed by atoms with Gasteiger partial charge < -0.3 is 15.1 Å². The molecule has 1 aliphatic heterocycles. The topological polar surface area (TPSA) is 53.4 Å². The van der Waals surface area contributed by atoms with Crippen LogP contribution in [0.25, 0.3) is 5.69 Å². The van der Waals surface area contributed by atoms with E-state index in [2.05, 4.69) is 34.3 Å². The van der Waals surface area contributed by atoms with E-state index in [4.69, 9.17) is 0 Å². The summed E-state index contributed by atoms with van der Waals surface area (Å²) in [7, 11) is 4.27. The molecule has 0 aliphatic carbocycles. The minimum absolute atomic E-state index is 0.124. The Hall–Kier alpha value is -2.18. The first kappa shape index (κ1) is 18.6. The van der Waals surface area contributed by atoms with Gasteiger partial charge in [-0.2, -0.15) is 5.10 Å². The second-order valence-corrected chi connectivity index (χ2v) is 7.16. The highest BCUT2D eigenvalue weighted by molar-refractivity contribution is 5.76. The molecule has 0 bridgehead atoms. The number of para-hydroxylation sites is 1. The summed E-state index contributed by atoms with van der Waals surface area (Å²) >= 11 is 0. The number of nitrogens with one attached hydrogen (secondary N) is 1. The van der Waals surface area contributed by atoms with Crippen LogP contribution in [0.4, 0.5) is 0 Å². The van der Waals surface area contributed by atoms with Crippen LogP contribution >= 0.6 is 0 Å². The maximum Gasteiger partial charge on any atom is 0.221 e. The van der Waals surface area contributed by atoms with Crippen molar-refractivity contribution in [2.24, 2.45) is 0 Å². The highest BCUT2D eigenvalue weighted by Gasteiger charge is 2.23. The molecule has 0 unspecified atom stereocenters. The first-order valence-electron chi connectivity index (χ1n) is 9.36. The molecule has 0 saturated carbocycles. The molecular formula is C20H29N5O. The molecule has 6 nitrogen and oxygen atoms in total. The zero-order valence-electron chi connectivity index (χ0n) is 15.8. The van der Waals surface area contributed by atoms with Gasteiger partial charge in [-0.05, 0) is 51.2 Å². The fourth-order valence-electron chi connectivity index (χ4n) is 3.38. The largest absolute Gasteiger partial charge is 0.356 e. The van der Waals surface area contributed by atoms with Gasteiger partial charge in [-0.25, -0.2) is 4.68 Å². The SMILES string of the molecule is CN1CC[C@H](N(C)CCC(=O)NCCc2cnn(-c3ccccc3)c2)C1. The molecule has 2 aromatic rings. The Morgan fingerprint density at radius 2 is 2.15 bits per heavy atom. The third kappa shape index (κ3) is 5.16. The molecule has 1 N–H and O–H groups in total. The molecule has 2 heterocycles. The van der Waals surface area contributed by atoms with E-state index in [1.165, 1.54) is 6.42 Å². The molecule has 1 aromatic heterocycles. The van der Waals surface area contributed by atoms with Crippen molar-refractivity contribution in [3.05, 3.63) is 48.3 Å². The van der Waals surface area contributed by atoms with Gasteiger partial charge in [0.25, 0.3) is 0 Å². The van der Waals surface area contributed by atoms with Crippen molar-refractivity contribution < 1.29 is 4.79 Å². The van der Waals surface area contributed by atoms with E-state index in [0.29, 0.717) is 19.0 Å². The van der Waals surface area contributed by atoms with Gasteiger partial charge >= 0.3 is 0 Å². The van der Waals surface area contributed by atoms with Crippen molar-refractivity contribution in [2.45, 2.75) is 25.3 Å². The van der Waals surface area contributed by atoms with Crippen molar-refractivity contribution in [3.8, 4) is 5.69 Å². The zero-order chi connectivity index (χ0) is 18.4. The van der Waals surface area contributed by atoms with Crippen LogP contribution in [0.1, 0.15) is 18.4 Å². The third-order valence-electron chi connectivity index (χ3n) is 5.07. The Balaban J connectivity index is 1.36. The Labute approximate surface area is 155 Å². The summed E-state index contributed by atoms with van der Waals surface area (Å²) < 4.78 is 1.87. The number of carbonyl (C=O) groups is 1. The lowest BCUT2D eigenvalue weighted by Crippen LogP contribution is -2.37. The van der Waals surface area contributed by atoms with Crippen LogP contribution in [0.5, 0.6) is 0 Å². The summed E-state index contributed by atoms with van der Waals surface area (Å²) in [6.45, 7) is 3.72. The van der Waals surface area contributed by atoms with Crippen LogP contribution in [-0.4, -0.2) is 71.8 Å². The second-order valence-electron chi connectivity index (χ2n) is 7.16. The van der Waals surface area contributed by atoms with Crippen LogP contribution < -0.4 is 5.32 Å². The maximum atomic E-state index is 12.1. The number of likely N-dealkylation sites (N-methyl/N-ethyl adjacent to an activating group) is 2. The second kappa shape index (κ2) is 8.96. The first-order chi connectivity index (χ1) is 12.6. The smallest absolute Gasteiger partial charge is 0.221 e. The zero-order valence-corrected chi connectivity index (χ0v) is 15.8. The highest BCUT2D eigenvalue weighted by Crippen LogP contribution is 2.12. The van der Waals surface area contributed by atoms with Crippen LogP contribution in [-0.2, 0) is 11.2 Å². The molecule has 1 amide bonds. The van der Waals surface area contributed by atoms with E-state index in [1.54, 1.807) is 0 Å². The van der Waals surface area contributed by atoms with Crippen molar-refractivity contribution in [3.63, 3.8) is 0 Å². The van der Waals surface area contributed by atoms with Crippen LogP contribution in [0.2, 0.25) is 0 Å². The summed E-state index contributed by atoms with van der Waals surface area (Å²) in [4.78, 5) is 16.7. The van der Waals surface area contributed by atoms with E-state index in [-0.39, 0.29) is 5.91 Å². The number of hydrogen-bond donors (Lipinski definition) is 1. The molecule has 1 atom stereocenters. The lowest BCUT2D eigenvalue weighted by atomic mass is 10.2. The summed E-state index contributed by atoms with van der Waals surface area (Å²) in [5.74, 6) is 0.124. The van der Waals surface area contributed by atoms with Crippen molar-refractivity contribution in [1.29, 1.82) is 0 Å². The number of rotatable bonds is 8. The fourth-order valence-corrected chi connectivity index (χ4v) is 3.38. The average molecular weight is 355 g/mol. The van der Waals surface area contributed by atoms with E-state index in [0.717, 1.165) is 37.3 Å². The number of nitrogens with zero attached hydrogens (tertiary/aromatic N) is 4. The Kier molecular flexibility index (Phi) is 6.41. The number of aromatic nitrogens is 2. The van der Waals surface area contributed by atoms with Gasteiger partial charge in [-0.15, -0.1) is 0 Å². The van der Waals surface area contributed by atoms with Crippen molar-refractivity contribution >= 4 is 5.91 Å². The van der Waals surface area contributed by atoms with Crippen molar-refractivity contribution in [2.75, 3.05) is 40.3 Å². The van der Waals surface area contributed by atoms with Gasteiger partial charge in [-0.1, -0.05) is 18.2 Å². The first-order valence-corrected chi connectivity index (χ1v) is 9.36. The summed E-state index contributed by atoms with van der Waals surface area (Å²) in [5.41, 5.74) is 2.17. The molecule has 1 aromatic carbocycles. The molecular weight excluding hydrogens is 326 g/mol. The number of hydrogen-bond acceptors (Lipinski definition) is 4. The molecule has 1 fully saturated rings. The highest BCUT2D eigenvalue weighted by atomic mass is 16.1. The van der Waals surface area contributed by atoms with Gasteiger partial charge in [0.1, 0.15) is 0 Å². The van der Waals surface area contributed by atoms with E-state index >= 15 is 0 Å². The van der Waals surface area contributed by atoms with E-state index < -0.39 is 0 Å². The van der Waals surface area contributed by atoms with Gasteiger partial charge in [0.05, 0.1) is 11.9 Å². The number of carbonyl (C=O) groups excluding carboxylic acids is 1. The number of amides is 1. The van der Waals surface area contributed by atoms with Gasteiger partial charge in [-0.3, -0.25) is 4.79 Å². The molecule has 26 heavy (non-hydrogen) atoms. The summed E-state index contributed by atoms with van der Waals surface area (Å²) in [6.07, 6.45) is 6.43. The average Bonchev–Trinajstić information content (AvgIpc) is 3.30. The monoisotopic (exact) mass is 355 g/mol. The molecule has 0 spiro atoms.